The molecule has 0 saturated carbocycles. The van der Waals surface area contributed by atoms with Gasteiger partial charge in [-0.2, -0.15) is 0 Å². The molecule has 0 amide bonds. The van der Waals surface area contributed by atoms with Crippen LogP contribution in [0.2, 0.25) is 0 Å². The first-order valence-corrected chi connectivity index (χ1v) is 6.70. The standard InChI is InChI=1S/C13H16BrNO3/c1-2-3-11(9-16)13(8-15(17)18)10-4-6-12(14)7-5-10/h4-7,9,11,13H,2-3,8H2,1H3/t11-,13+/m0/s1. The molecule has 0 aromatic heterocycles. The van der Waals surface area contributed by atoms with Crippen LogP contribution in [0.1, 0.15) is 31.2 Å². The van der Waals surface area contributed by atoms with Gasteiger partial charge < -0.3 is 4.79 Å². The monoisotopic (exact) mass is 313 g/mol. The van der Waals surface area contributed by atoms with Crippen molar-refractivity contribution in [2.45, 2.75) is 25.7 Å². The summed E-state index contributed by atoms with van der Waals surface area (Å²) in [5.74, 6) is -0.632. The average Bonchev–Trinajstić information content (AvgIpc) is 2.34. The Labute approximate surface area is 115 Å². The van der Waals surface area contributed by atoms with Gasteiger partial charge in [-0.1, -0.05) is 41.4 Å². The summed E-state index contributed by atoms with van der Waals surface area (Å²) in [6, 6.07) is 7.36. The van der Waals surface area contributed by atoms with Gasteiger partial charge in [-0.15, -0.1) is 0 Å². The van der Waals surface area contributed by atoms with Gasteiger partial charge >= 0.3 is 0 Å². The minimum absolute atomic E-state index is 0.203. The summed E-state index contributed by atoms with van der Waals surface area (Å²) in [5.41, 5.74) is 0.848. The molecule has 0 heterocycles. The molecule has 0 saturated heterocycles. The van der Waals surface area contributed by atoms with Crippen molar-refractivity contribution in [1.29, 1.82) is 0 Å². The van der Waals surface area contributed by atoms with E-state index in [1.54, 1.807) is 0 Å². The Morgan fingerprint density at radius 1 is 1.39 bits per heavy atom. The second kappa shape index (κ2) is 7.26. The van der Waals surface area contributed by atoms with Crippen molar-refractivity contribution >= 4 is 22.2 Å². The Morgan fingerprint density at radius 2 is 2.00 bits per heavy atom. The number of hydrogen-bond donors (Lipinski definition) is 0. The van der Waals surface area contributed by atoms with E-state index in [4.69, 9.17) is 0 Å². The van der Waals surface area contributed by atoms with Crippen molar-refractivity contribution < 1.29 is 9.72 Å². The van der Waals surface area contributed by atoms with Crippen molar-refractivity contribution in [1.82, 2.24) is 0 Å². The van der Waals surface area contributed by atoms with E-state index < -0.39 is 0 Å². The molecule has 5 heteroatoms. The maximum Gasteiger partial charge on any atom is 0.211 e. The van der Waals surface area contributed by atoms with Crippen LogP contribution in [0.5, 0.6) is 0 Å². The first-order chi connectivity index (χ1) is 8.58. The highest BCUT2D eigenvalue weighted by Crippen LogP contribution is 2.28. The fraction of sp³-hybridized carbons (Fsp3) is 0.462. The molecular formula is C13H16BrNO3. The van der Waals surface area contributed by atoms with Crippen LogP contribution in [0.4, 0.5) is 0 Å². The van der Waals surface area contributed by atoms with Crippen LogP contribution < -0.4 is 0 Å². The van der Waals surface area contributed by atoms with Gasteiger partial charge in [-0.3, -0.25) is 10.1 Å². The third-order valence-corrected chi connectivity index (χ3v) is 3.49. The fourth-order valence-electron chi connectivity index (χ4n) is 2.06. The number of carbonyl (C=O) groups is 1. The number of aldehydes is 1. The highest BCUT2D eigenvalue weighted by atomic mass is 79.9. The molecule has 4 nitrogen and oxygen atoms in total. The van der Waals surface area contributed by atoms with Crippen LogP contribution in [-0.4, -0.2) is 17.8 Å². The number of hydrogen-bond acceptors (Lipinski definition) is 3. The van der Waals surface area contributed by atoms with Crippen molar-refractivity contribution in [2.24, 2.45) is 5.92 Å². The number of nitrogens with zero attached hydrogens (tertiary/aromatic N) is 1. The molecular weight excluding hydrogens is 298 g/mol. The van der Waals surface area contributed by atoms with Gasteiger partial charge in [0, 0.05) is 15.3 Å². The summed E-state index contributed by atoms with van der Waals surface area (Å²) in [7, 11) is 0. The number of carbonyl (C=O) groups excluding carboxylic acids is 1. The van der Waals surface area contributed by atoms with Gasteiger partial charge in [0.15, 0.2) is 0 Å². The summed E-state index contributed by atoms with van der Waals surface area (Å²) in [5, 5.41) is 10.8. The third kappa shape index (κ3) is 4.22. The predicted octanol–water partition coefficient (Wildman–Crippen LogP) is 3.42. The topological polar surface area (TPSA) is 60.2 Å². The minimum Gasteiger partial charge on any atom is -0.303 e. The molecule has 0 spiro atoms. The fourth-order valence-corrected chi connectivity index (χ4v) is 2.32. The number of rotatable bonds is 7. The zero-order valence-electron chi connectivity index (χ0n) is 10.2. The molecule has 1 aromatic rings. The molecule has 0 aliphatic rings. The molecule has 0 aliphatic heterocycles. The zero-order chi connectivity index (χ0) is 13.5. The van der Waals surface area contributed by atoms with E-state index in [1.165, 1.54) is 0 Å². The molecule has 1 aromatic carbocycles. The molecule has 0 aliphatic carbocycles. The quantitative estimate of drug-likeness (QED) is 0.440. The van der Waals surface area contributed by atoms with E-state index in [-0.39, 0.29) is 23.3 Å². The Hall–Kier alpha value is -1.23. The third-order valence-electron chi connectivity index (χ3n) is 2.96. The van der Waals surface area contributed by atoms with Gasteiger partial charge in [0.1, 0.15) is 6.29 Å². The predicted molar refractivity (Wildman–Crippen MR) is 73.2 cm³/mol. The van der Waals surface area contributed by atoms with E-state index >= 15 is 0 Å². The molecule has 18 heavy (non-hydrogen) atoms. The van der Waals surface area contributed by atoms with Crippen LogP contribution in [-0.2, 0) is 4.79 Å². The number of nitro groups is 1. The summed E-state index contributed by atoms with van der Waals surface area (Å²) >= 11 is 3.33. The van der Waals surface area contributed by atoms with Crippen molar-refractivity contribution in [3.05, 3.63) is 44.4 Å². The lowest BCUT2D eigenvalue weighted by Gasteiger charge is -2.19. The van der Waals surface area contributed by atoms with Crippen LogP contribution in [0, 0.1) is 16.0 Å². The maximum absolute atomic E-state index is 11.1. The van der Waals surface area contributed by atoms with E-state index in [2.05, 4.69) is 15.9 Å². The largest absolute Gasteiger partial charge is 0.303 e. The van der Waals surface area contributed by atoms with Crippen LogP contribution in [0.15, 0.2) is 28.7 Å². The highest BCUT2D eigenvalue weighted by Gasteiger charge is 2.26. The second-order valence-electron chi connectivity index (χ2n) is 4.26. The smallest absolute Gasteiger partial charge is 0.211 e. The summed E-state index contributed by atoms with van der Waals surface area (Å²) in [6.07, 6.45) is 2.37. The van der Waals surface area contributed by atoms with Crippen molar-refractivity contribution in [3.63, 3.8) is 0 Å². The molecule has 2 atom stereocenters. The van der Waals surface area contributed by atoms with Crippen LogP contribution >= 0.6 is 15.9 Å². The molecule has 1 rings (SSSR count). The number of benzene rings is 1. The molecule has 0 bridgehead atoms. The summed E-state index contributed by atoms with van der Waals surface area (Å²) in [6.45, 7) is 1.77. The van der Waals surface area contributed by atoms with Crippen LogP contribution in [0.25, 0.3) is 0 Å². The molecule has 0 fully saturated rings. The molecule has 0 unspecified atom stereocenters. The Bertz CT molecular complexity index is 405. The van der Waals surface area contributed by atoms with Gasteiger partial charge in [0.25, 0.3) is 0 Å². The Morgan fingerprint density at radius 3 is 2.44 bits per heavy atom. The van der Waals surface area contributed by atoms with E-state index in [0.717, 1.165) is 22.7 Å². The minimum atomic E-state index is -0.348. The van der Waals surface area contributed by atoms with E-state index in [0.29, 0.717) is 6.42 Å². The molecule has 0 radical (unpaired) electrons. The van der Waals surface area contributed by atoms with Gasteiger partial charge in [0.05, 0.1) is 5.92 Å². The second-order valence-corrected chi connectivity index (χ2v) is 5.18. The first-order valence-electron chi connectivity index (χ1n) is 5.91. The average molecular weight is 314 g/mol. The van der Waals surface area contributed by atoms with Gasteiger partial charge in [-0.25, -0.2) is 0 Å². The van der Waals surface area contributed by atoms with Crippen molar-refractivity contribution in [2.75, 3.05) is 6.54 Å². The molecule has 0 N–H and O–H groups in total. The van der Waals surface area contributed by atoms with Gasteiger partial charge in [-0.05, 0) is 24.1 Å². The maximum atomic E-state index is 11.1. The normalized spacial score (nSPS) is 13.9. The lowest BCUT2D eigenvalue weighted by molar-refractivity contribution is -0.484. The van der Waals surface area contributed by atoms with Crippen LogP contribution in [0.3, 0.4) is 0 Å². The lowest BCUT2D eigenvalue weighted by atomic mass is 9.84. The Kier molecular flexibility index (Phi) is 5.98. The summed E-state index contributed by atoms with van der Waals surface area (Å²) in [4.78, 5) is 21.5. The SMILES string of the molecule is CCC[C@@H](C=O)[C@H](C[N+](=O)[O-])c1ccc(Br)cc1. The first kappa shape index (κ1) is 14.8. The van der Waals surface area contributed by atoms with Gasteiger partial charge in [0.2, 0.25) is 6.54 Å². The number of halogens is 1. The lowest BCUT2D eigenvalue weighted by Crippen LogP contribution is -2.22. The Balaban J connectivity index is 2.99. The highest BCUT2D eigenvalue weighted by molar-refractivity contribution is 9.10. The summed E-state index contributed by atoms with van der Waals surface area (Å²) < 4.78 is 0.921. The van der Waals surface area contributed by atoms with E-state index in [9.17, 15) is 14.9 Å². The van der Waals surface area contributed by atoms with Crippen molar-refractivity contribution in [3.8, 4) is 0 Å². The zero-order valence-corrected chi connectivity index (χ0v) is 11.8. The van der Waals surface area contributed by atoms with E-state index in [1.807, 2.05) is 31.2 Å². The molecule has 98 valence electrons.